The number of anilines is 1. The Balaban J connectivity index is 0.712. The smallest absolute Gasteiger partial charge is 0.196 e. The number of hydrogen-bond acceptors (Lipinski definition) is 10. The highest BCUT2D eigenvalue weighted by atomic mass is 32.1. The summed E-state index contributed by atoms with van der Waals surface area (Å²) in [6.07, 6.45) is 10.5. The number of aryl methyl sites for hydroxylation is 3. The molecule has 0 saturated heterocycles. The van der Waals surface area contributed by atoms with Crippen LogP contribution in [0, 0.1) is 26.7 Å². The van der Waals surface area contributed by atoms with Gasteiger partial charge in [-0.1, -0.05) is 60.7 Å². The molecule has 10 nitrogen and oxygen atoms in total. The van der Waals surface area contributed by atoms with Crippen LogP contribution in [0.1, 0.15) is 111 Å². The number of rotatable bonds is 13. The molecule has 2 aliphatic carbocycles. The number of aromatic hydroxyl groups is 1. The van der Waals surface area contributed by atoms with Gasteiger partial charge in [0.15, 0.2) is 11.7 Å². The molecule has 1 fully saturated rings. The fourth-order valence-corrected chi connectivity index (χ4v) is 11.3. The van der Waals surface area contributed by atoms with Gasteiger partial charge in [0.2, 0.25) is 0 Å². The Labute approximate surface area is 373 Å². The highest BCUT2D eigenvalue weighted by Gasteiger charge is 2.34. The third kappa shape index (κ3) is 8.56. The molecule has 7 aromatic rings. The number of ether oxygens (including phenoxy) is 1. The Hall–Kier alpha value is -6.04. The van der Waals surface area contributed by atoms with Gasteiger partial charge in [-0.2, -0.15) is 0 Å². The summed E-state index contributed by atoms with van der Waals surface area (Å²) < 4.78 is 14.0. The molecular formula is C52H55N7O3S. The van der Waals surface area contributed by atoms with Crippen molar-refractivity contribution in [2.75, 3.05) is 25.0 Å². The normalized spacial score (nSPS) is 20.6. The number of aromatic nitrogens is 4. The minimum atomic E-state index is -0.287. The van der Waals surface area contributed by atoms with E-state index >= 15 is 0 Å². The predicted octanol–water partition coefficient (Wildman–Crippen LogP) is 10.6. The number of hydrogen-bond donors (Lipinski definition) is 3. The molecule has 1 aliphatic heterocycles. The van der Waals surface area contributed by atoms with Crippen LogP contribution in [0.5, 0.6) is 11.5 Å². The van der Waals surface area contributed by atoms with Gasteiger partial charge in [-0.15, -0.1) is 21.5 Å². The van der Waals surface area contributed by atoms with E-state index in [2.05, 4.69) is 129 Å². The van der Waals surface area contributed by atoms with Crippen molar-refractivity contribution >= 4 is 22.7 Å². The molecule has 3 atom stereocenters. The molecule has 4 heterocycles. The molecule has 10 rings (SSSR count). The number of aliphatic imine (C=N–C) groups is 1. The fourth-order valence-electron chi connectivity index (χ4n) is 10.1. The summed E-state index contributed by atoms with van der Waals surface area (Å²) in [6, 6.07) is 34.4. The summed E-state index contributed by atoms with van der Waals surface area (Å²) in [5, 5.41) is 27.9. The second-order valence-electron chi connectivity index (χ2n) is 17.5. The lowest BCUT2D eigenvalue weighted by Crippen LogP contribution is -2.32. The first-order chi connectivity index (χ1) is 30.9. The molecule has 0 bridgehead atoms. The van der Waals surface area contributed by atoms with E-state index in [1.807, 2.05) is 19.1 Å². The minimum absolute atomic E-state index is 0.232. The summed E-state index contributed by atoms with van der Waals surface area (Å²) in [6.45, 7) is 8.84. The lowest BCUT2D eigenvalue weighted by Gasteiger charge is -2.34. The Morgan fingerprint density at radius 1 is 0.873 bits per heavy atom. The van der Waals surface area contributed by atoms with Gasteiger partial charge < -0.3 is 24.9 Å². The van der Waals surface area contributed by atoms with Gasteiger partial charge in [-0.05, 0) is 142 Å². The van der Waals surface area contributed by atoms with Gasteiger partial charge in [0, 0.05) is 40.2 Å². The topological polar surface area (TPSA) is 123 Å². The van der Waals surface area contributed by atoms with Crippen LogP contribution in [0.2, 0.25) is 0 Å². The number of fused-ring (bicyclic) bond motifs is 4. The van der Waals surface area contributed by atoms with Crippen molar-refractivity contribution in [3.8, 4) is 16.5 Å². The largest absolute Gasteiger partial charge is 0.508 e. The van der Waals surface area contributed by atoms with E-state index in [4.69, 9.17) is 14.1 Å². The number of phenols is 1. The fraction of sp³-hybridized carbons (Fsp3) is 0.346. The zero-order valence-electron chi connectivity index (χ0n) is 36.3. The maximum absolute atomic E-state index is 10.2. The van der Waals surface area contributed by atoms with Crippen LogP contribution in [0.25, 0.3) is 5.00 Å². The van der Waals surface area contributed by atoms with E-state index in [1.54, 1.807) is 23.8 Å². The average Bonchev–Trinajstić information content (AvgIpc) is 4.02. The molecule has 1 saturated carbocycles. The lowest BCUT2D eigenvalue weighted by molar-refractivity contribution is 0.289. The van der Waals surface area contributed by atoms with Crippen LogP contribution < -0.4 is 15.4 Å². The van der Waals surface area contributed by atoms with Gasteiger partial charge in [0.25, 0.3) is 0 Å². The molecular weight excluding hydrogens is 803 g/mol. The molecule has 3 N–H and O–H groups in total. The SMILES string of the molecule is Cc1sc2c(c1C)C(c1ccc(NC3CCC(CNCCOc4ccc([C@@H]5c6ccc(O)cc6CC[C@@H]5c5ccccc5)cc4)CC3)cc1)=NC(Cc1ncco1)c1nnc(C)n1-2. The monoisotopic (exact) mass is 857 g/mol. The minimum Gasteiger partial charge on any atom is -0.508 e. The summed E-state index contributed by atoms with van der Waals surface area (Å²) in [5.74, 6) is 4.81. The number of thiophene rings is 1. The third-order valence-electron chi connectivity index (χ3n) is 13.5. The van der Waals surface area contributed by atoms with Crippen LogP contribution >= 0.6 is 11.3 Å². The molecule has 11 heteroatoms. The number of nitrogens with zero attached hydrogens (tertiary/aromatic N) is 5. The van der Waals surface area contributed by atoms with Crippen molar-refractivity contribution < 1.29 is 14.3 Å². The predicted molar refractivity (Wildman–Crippen MR) is 250 cm³/mol. The maximum Gasteiger partial charge on any atom is 0.196 e. The second-order valence-corrected chi connectivity index (χ2v) is 18.7. The van der Waals surface area contributed by atoms with Crippen LogP contribution in [-0.4, -0.2) is 56.3 Å². The number of phenolic OH excluding ortho intramolecular Hbond substituents is 1. The molecule has 0 radical (unpaired) electrons. The first kappa shape index (κ1) is 41.0. The zero-order valence-corrected chi connectivity index (χ0v) is 37.1. The third-order valence-corrected chi connectivity index (χ3v) is 14.7. The Morgan fingerprint density at radius 2 is 1.68 bits per heavy atom. The van der Waals surface area contributed by atoms with E-state index in [1.165, 1.54) is 45.5 Å². The zero-order chi connectivity index (χ0) is 42.9. The van der Waals surface area contributed by atoms with Crippen molar-refractivity contribution in [1.82, 2.24) is 25.1 Å². The number of benzene rings is 4. The maximum atomic E-state index is 10.2. The van der Waals surface area contributed by atoms with Crippen LogP contribution in [0.3, 0.4) is 0 Å². The highest BCUT2D eigenvalue weighted by Crippen LogP contribution is 2.47. The van der Waals surface area contributed by atoms with Gasteiger partial charge >= 0.3 is 0 Å². The van der Waals surface area contributed by atoms with Crippen LogP contribution in [0.15, 0.2) is 119 Å². The van der Waals surface area contributed by atoms with Gasteiger partial charge in [0.1, 0.15) is 41.2 Å². The van der Waals surface area contributed by atoms with Gasteiger partial charge in [0.05, 0.1) is 18.3 Å². The lowest BCUT2D eigenvalue weighted by atomic mass is 9.69. The molecule has 1 unspecified atom stereocenters. The van der Waals surface area contributed by atoms with Crippen molar-refractivity contribution in [3.63, 3.8) is 0 Å². The van der Waals surface area contributed by atoms with Crippen molar-refractivity contribution in [1.29, 1.82) is 0 Å². The van der Waals surface area contributed by atoms with E-state index < -0.39 is 0 Å². The first-order valence-corrected chi connectivity index (χ1v) is 23.3. The molecule has 4 aromatic carbocycles. The Bertz CT molecular complexity index is 2680. The van der Waals surface area contributed by atoms with Crippen molar-refractivity contribution in [2.24, 2.45) is 10.9 Å². The molecule has 63 heavy (non-hydrogen) atoms. The summed E-state index contributed by atoms with van der Waals surface area (Å²) in [7, 11) is 0. The van der Waals surface area contributed by atoms with Crippen molar-refractivity contribution in [3.05, 3.63) is 171 Å². The van der Waals surface area contributed by atoms with Gasteiger partial charge in [-0.25, -0.2) is 4.98 Å². The highest BCUT2D eigenvalue weighted by molar-refractivity contribution is 7.15. The van der Waals surface area contributed by atoms with Gasteiger partial charge in [-0.3, -0.25) is 9.56 Å². The molecule has 3 aromatic heterocycles. The quantitative estimate of drug-likeness (QED) is 0.0980. The summed E-state index contributed by atoms with van der Waals surface area (Å²) in [5.41, 5.74) is 10.8. The van der Waals surface area contributed by atoms with E-state index in [0.717, 1.165) is 83.7 Å². The summed E-state index contributed by atoms with van der Waals surface area (Å²) >= 11 is 1.77. The average molecular weight is 858 g/mol. The number of nitrogens with one attached hydrogen (secondary N) is 2. The number of oxazole rings is 1. The van der Waals surface area contributed by atoms with E-state index in [-0.39, 0.29) is 12.0 Å². The molecule has 0 spiro atoms. The first-order valence-electron chi connectivity index (χ1n) is 22.5. The Kier molecular flexibility index (Phi) is 11.7. The molecule has 3 aliphatic rings. The Morgan fingerprint density at radius 3 is 2.46 bits per heavy atom. The van der Waals surface area contributed by atoms with Crippen LogP contribution in [0.4, 0.5) is 5.69 Å². The molecule has 322 valence electrons. The van der Waals surface area contributed by atoms with E-state index in [9.17, 15) is 5.11 Å². The van der Waals surface area contributed by atoms with Crippen LogP contribution in [-0.2, 0) is 12.8 Å². The second kappa shape index (κ2) is 18.0. The molecule has 0 amide bonds. The standard InChI is InChI=1S/C52H55N7O3S/c1-32-33(2)63-52-48(32)50(56-46(30-47-54-26-28-62-47)51-58-57-34(3)59(51)52)38-11-18-41(19-12-38)55-40-16-9-35(10-17-40)31-53-25-27-61-43-21-13-37(14-22-43)49-44(36-7-5-4-6-8-36)23-15-39-29-42(60)20-24-45(39)49/h4-8,11-14,18-22,24,26,28-29,35,40,44,46,49,53,55,60H,9-10,15-17,23,25,27,30-31H2,1-3H3/t35?,40?,44-,46?,49+/m1/s1. The van der Waals surface area contributed by atoms with Crippen molar-refractivity contribution in [2.45, 2.75) is 89.6 Å². The van der Waals surface area contributed by atoms with E-state index in [0.29, 0.717) is 42.5 Å². The summed E-state index contributed by atoms with van der Waals surface area (Å²) in [4.78, 5) is 11.1.